The van der Waals surface area contributed by atoms with Gasteiger partial charge in [-0.3, -0.25) is 9.59 Å². The minimum absolute atomic E-state index is 0.0493. The first-order valence-corrected chi connectivity index (χ1v) is 5.87. The standard InChI is InChI=1S/C11H21N3O3/c1-4-17-8-10(15)14-6-5-12-7-9(14)11(16)13(2)3/h9,12H,4-8H2,1-3H3. The summed E-state index contributed by atoms with van der Waals surface area (Å²) in [6.07, 6.45) is 0. The van der Waals surface area contributed by atoms with Crippen molar-refractivity contribution in [3.8, 4) is 0 Å². The van der Waals surface area contributed by atoms with Crippen molar-refractivity contribution in [3.63, 3.8) is 0 Å². The Labute approximate surface area is 102 Å². The zero-order chi connectivity index (χ0) is 12.8. The highest BCUT2D eigenvalue weighted by atomic mass is 16.5. The Hall–Kier alpha value is -1.14. The molecule has 6 nitrogen and oxygen atoms in total. The van der Waals surface area contributed by atoms with Crippen LogP contribution in [0.25, 0.3) is 0 Å². The fourth-order valence-electron chi connectivity index (χ4n) is 1.79. The van der Waals surface area contributed by atoms with Crippen LogP contribution >= 0.6 is 0 Å². The molecule has 1 aliphatic rings. The van der Waals surface area contributed by atoms with Crippen LogP contribution in [0, 0.1) is 0 Å². The van der Waals surface area contributed by atoms with Crippen LogP contribution in [-0.4, -0.2) is 74.6 Å². The Morgan fingerprint density at radius 2 is 2.18 bits per heavy atom. The maximum Gasteiger partial charge on any atom is 0.249 e. The highest BCUT2D eigenvalue weighted by Gasteiger charge is 2.32. The summed E-state index contributed by atoms with van der Waals surface area (Å²) in [5.41, 5.74) is 0. The van der Waals surface area contributed by atoms with Crippen molar-refractivity contribution in [2.24, 2.45) is 0 Å². The molecule has 1 atom stereocenters. The fraction of sp³-hybridized carbons (Fsp3) is 0.818. The predicted molar refractivity (Wildman–Crippen MR) is 63.6 cm³/mol. The van der Waals surface area contributed by atoms with Gasteiger partial charge < -0.3 is 19.9 Å². The lowest BCUT2D eigenvalue weighted by molar-refractivity contribution is -0.148. The van der Waals surface area contributed by atoms with Crippen LogP contribution in [-0.2, 0) is 14.3 Å². The average molecular weight is 243 g/mol. The monoisotopic (exact) mass is 243 g/mol. The first-order chi connectivity index (χ1) is 8.07. The van der Waals surface area contributed by atoms with E-state index in [1.54, 1.807) is 19.0 Å². The molecule has 1 rings (SSSR count). The van der Waals surface area contributed by atoms with Crippen molar-refractivity contribution in [2.75, 3.05) is 46.9 Å². The minimum Gasteiger partial charge on any atom is -0.372 e. The highest BCUT2D eigenvalue weighted by Crippen LogP contribution is 2.06. The van der Waals surface area contributed by atoms with Gasteiger partial charge in [-0.05, 0) is 6.92 Å². The first kappa shape index (κ1) is 13.9. The SMILES string of the molecule is CCOCC(=O)N1CCNCC1C(=O)N(C)C. The number of carbonyl (C=O) groups excluding carboxylic acids is 2. The van der Waals surface area contributed by atoms with E-state index in [1.807, 2.05) is 6.92 Å². The van der Waals surface area contributed by atoms with Crippen LogP contribution in [0.15, 0.2) is 0 Å². The van der Waals surface area contributed by atoms with E-state index < -0.39 is 6.04 Å². The third-order valence-corrected chi connectivity index (χ3v) is 2.72. The van der Waals surface area contributed by atoms with Gasteiger partial charge in [-0.25, -0.2) is 0 Å². The summed E-state index contributed by atoms with van der Waals surface area (Å²) in [4.78, 5) is 27.0. The molecule has 0 bridgehead atoms. The summed E-state index contributed by atoms with van der Waals surface area (Å²) in [5, 5.41) is 3.13. The van der Waals surface area contributed by atoms with Crippen LogP contribution in [0.1, 0.15) is 6.92 Å². The van der Waals surface area contributed by atoms with Gasteiger partial charge in [0, 0.05) is 40.3 Å². The highest BCUT2D eigenvalue weighted by molar-refractivity contribution is 5.88. The summed E-state index contributed by atoms with van der Waals surface area (Å²) in [5.74, 6) is -0.171. The largest absolute Gasteiger partial charge is 0.372 e. The number of amides is 2. The molecular formula is C11H21N3O3. The van der Waals surface area contributed by atoms with Crippen LogP contribution in [0.4, 0.5) is 0 Å². The van der Waals surface area contributed by atoms with Gasteiger partial charge in [0.05, 0.1) is 0 Å². The second-order valence-corrected chi connectivity index (χ2v) is 4.18. The molecule has 0 aromatic rings. The quantitative estimate of drug-likeness (QED) is 0.681. The third-order valence-electron chi connectivity index (χ3n) is 2.72. The molecule has 1 fully saturated rings. The number of likely N-dealkylation sites (N-methyl/N-ethyl adjacent to an activating group) is 1. The molecule has 17 heavy (non-hydrogen) atoms. The number of hydrogen-bond donors (Lipinski definition) is 1. The predicted octanol–water partition coefficient (Wildman–Crippen LogP) is -1.09. The molecule has 0 radical (unpaired) electrons. The molecule has 0 saturated carbocycles. The van der Waals surface area contributed by atoms with Crippen LogP contribution < -0.4 is 5.32 Å². The summed E-state index contributed by atoms with van der Waals surface area (Å²) < 4.78 is 5.10. The molecular weight excluding hydrogens is 222 g/mol. The second kappa shape index (κ2) is 6.56. The van der Waals surface area contributed by atoms with Crippen molar-refractivity contribution >= 4 is 11.8 Å². The Morgan fingerprint density at radius 3 is 2.76 bits per heavy atom. The van der Waals surface area contributed by atoms with Gasteiger partial charge in [0.2, 0.25) is 11.8 Å². The van der Waals surface area contributed by atoms with Gasteiger partial charge in [0.1, 0.15) is 12.6 Å². The zero-order valence-corrected chi connectivity index (χ0v) is 10.7. The number of nitrogens with one attached hydrogen (secondary N) is 1. The van der Waals surface area contributed by atoms with E-state index in [-0.39, 0.29) is 18.4 Å². The van der Waals surface area contributed by atoms with Crippen LogP contribution in [0.2, 0.25) is 0 Å². The van der Waals surface area contributed by atoms with Gasteiger partial charge in [-0.2, -0.15) is 0 Å². The molecule has 1 heterocycles. The lowest BCUT2D eigenvalue weighted by Gasteiger charge is -2.36. The van der Waals surface area contributed by atoms with Gasteiger partial charge >= 0.3 is 0 Å². The summed E-state index contributed by atoms with van der Waals surface area (Å²) in [6, 6.07) is -0.410. The lowest BCUT2D eigenvalue weighted by Crippen LogP contribution is -2.60. The summed E-state index contributed by atoms with van der Waals surface area (Å²) in [7, 11) is 3.39. The molecule has 1 N–H and O–H groups in total. The van der Waals surface area contributed by atoms with E-state index in [2.05, 4.69) is 5.32 Å². The first-order valence-electron chi connectivity index (χ1n) is 5.87. The number of nitrogens with zero attached hydrogens (tertiary/aromatic N) is 2. The van der Waals surface area contributed by atoms with Gasteiger partial charge in [0.25, 0.3) is 0 Å². The molecule has 6 heteroatoms. The topological polar surface area (TPSA) is 61.9 Å². The van der Waals surface area contributed by atoms with E-state index in [0.717, 1.165) is 6.54 Å². The van der Waals surface area contributed by atoms with E-state index in [1.165, 1.54) is 4.90 Å². The number of hydrogen-bond acceptors (Lipinski definition) is 4. The van der Waals surface area contributed by atoms with Crippen molar-refractivity contribution in [1.82, 2.24) is 15.1 Å². The molecule has 0 aliphatic carbocycles. The van der Waals surface area contributed by atoms with Crippen molar-refractivity contribution in [3.05, 3.63) is 0 Å². The molecule has 1 aliphatic heterocycles. The molecule has 2 amide bonds. The van der Waals surface area contributed by atoms with Crippen LogP contribution in [0.5, 0.6) is 0 Å². The lowest BCUT2D eigenvalue weighted by atomic mass is 10.1. The molecule has 1 unspecified atom stereocenters. The number of carbonyl (C=O) groups is 2. The smallest absolute Gasteiger partial charge is 0.249 e. The fourth-order valence-corrected chi connectivity index (χ4v) is 1.79. The van der Waals surface area contributed by atoms with Crippen LogP contribution in [0.3, 0.4) is 0 Å². The Bertz CT molecular complexity index is 281. The molecule has 1 saturated heterocycles. The molecule has 98 valence electrons. The van der Waals surface area contributed by atoms with E-state index >= 15 is 0 Å². The normalized spacial score (nSPS) is 20.2. The average Bonchev–Trinajstić information content (AvgIpc) is 2.34. The molecule has 0 aromatic carbocycles. The van der Waals surface area contributed by atoms with Crippen molar-refractivity contribution < 1.29 is 14.3 Å². The number of rotatable bonds is 4. The van der Waals surface area contributed by atoms with E-state index in [4.69, 9.17) is 4.74 Å². The third kappa shape index (κ3) is 3.67. The molecule has 0 spiro atoms. The summed E-state index contributed by atoms with van der Waals surface area (Å²) in [6.45, 7) is 4.17. The van der Waals surface area contributed by atoms with E-state index in [9.17, 15) is 9.59 Å². The zero-order valence-electron chi connectivity index (χ0n) is 10.7. The van der Waals surface area contributed by atoms with Gasteiger partial charge in [-0.15, -0.1) is 0 Å². The maximum atomic E-state index is 11.9. The maximum absolute atomic E-state index is 11.9. The Kier molecular flexibility index (Phi) is 5.37. The number of piperazine rings is 1. The van der Waals surface area contributed by atoms with E-state index in [0.29, 0.717) is 19.7 Å². The minimum atomic E-state index is -0.410. The summed E-state index contributed by atoms with van der Waals surface area (Å²) >= 11 is 0. The second-order valence-electron chi connectivity index (χ2n) is 4.18. The van der Waals surface area contributed by atoms with Crippen molar-refractivity contribution in [2.45, 2.75) is 13.0 Å². The van der Waals surface area contributed by atoms with Crippen molar-refractivity contribution in [1.29, 1.82) is 0 Å². The Balaban J connectivity index is 2.65. The number of ether oxygens (including phenoxy) is 1. The Morgan fingerprint density at radius 1 is 1.47 bits per heavy atom. The van der Waals surface area contributed by atoms with Gasteiger partial charge in [-0.1, -0.05) is 0 Å². The van der Waals surface area contributed by atoms with Gasteiger partial charge in [0.15, 0.2) is 0 Å². The molecule has 0 aromatic heterocycles.